The molecule has 0 aromatic heterocycles. The molecule has 35 atom stereocenters. The highest BCUT2D eigenvalue weighted by atomic mass is 17.2. The summed E-state index contributed by atoms with van der Waals surface area (Å²) in [5.74, 6) is -0.675. The van der Waals surface area contributed by atoms with Gasteiger partial charge in [-0.3, -0.25) is 9.59 Å². The molecule has 8 heterocycles. The molecule has 0 aromatic rings. The van der Waals surface area contributed by atoms with Crippen molar-refractivity contribution < 1.29 is 129 Å². The summed E-state index contributed by atoms with van der Waals surface area (Å²) in [5, 5.41) is 23.8. The summed E-state index contributed by atoms with van der Waals surface area (Å²) in [7, 11) is 9.40. The van der Waals surface area contributed by atoms with Crippen LogP contribution in [0.1, 0.15) is 160 Å². The average molecular weight is 1410 g/mol. The number of hydrogen-bond donors (Lipinski definition) is 2. The van der Waals surface area contributed by atoms with Gasteiger partial charge in [0.1, 0.15) is 49.3 Å². The minimum Gasteiger partial charge on any atom is -0.493 e. The molecule has 3 saturated carbocycles. The van der Waals surface area contributed by atoms with Crippen LogP contribution in [-0.4, -0.2) is 255 Å². The summed E-state index contributed by atoms with van der Waals surface area (Å²) in [6.45, 7) is 21.1. The molecule has 1 spiro atoms. The van der Waals surface area contributed by atoms with Crippen LogP contribution < -0.4 is 0 Å². The van der Waals surface area contributed by atoms with Gasteiger partial charge >= 0.3 is 5.97 Å². The van der Waals surface area contributed by atoms with Crippen molar-refractivity contribution in [2.24, 2.45) is 28.6 Å². The van der Waals surface area contributed by atoms with Gasteiger partial charge in [0.05, 0.1) is 98.2 Å². The summed E-state index contributed by atoms with van der Waals surface area (Å²) < 4.78 is 132. The minimum atomic E-state index is -1.34. The second-order valence-corrected chi connectivity index (χ2v) is 30.7. The van der Waals surface area contributed by atoms with Gasteiger partial charge in [-0.2, -0.15) is 4.89 Å². The van der Waals surface area contributed by atoms with Crippen LogP contribution in [0, 0.1) is 28.6 Å². The Labute approximate surface area is 583 Å². The third kappa shape index (κ3) is 15.1. The molecule has 0 radical (unpaired) electrons. The SMILES string of the molecule is COC1=CC(C)OC(O[C@H]2CC[C@@]3(C)C(=CCC4C3CC[C@@]3(C)C4CC[C@]3(O)[C@H](C)O[C@H]3C[C@H]4OC[C@@]5(C[C@H](OC)[C@@H](O[C@H]6C[C@H](OC)[C@H](O[C@H]7C[C@H](OC)[C@H](O[C@H]8C[C@H](OC)[C@H](O[C@@H]9O[C@H](C)[C@H](O)[C@H](OC)[C@H]9OC(C)=O)[C@@H](C)O8)[C@@H](C)O7)[C@@H](C)O6)[C@H](C)O5)OO[C@@H]4[C@@H](C)O3)C2)C1=O. The number of methoxy groups -OCH3 is 6. The van der Waals surface area contributed by atoms with Crippen molar-refractivity contribution >= 4 is 11.8 Å². The van der Waals surface area contributed by atoms with E-state index in [9.17, 15) is 19.8 Å². The zero-order valence-corrected chi connectivity index (χ0v) is 61.1. The molecule has 0 aromatic carbocycles. The van der Waals surface area contributed by atoms with Crippen molar-refractivity contribution in [3.05, 3.63) is 23.5 Å². The van der Waals surface area contributed by atoms with E-state index >= 15 is 0 Å². The predicted octanol–water partition coefficient (Wildman–Crippen LogP) is 6.73. The number of esters is 1. The quantitative estimate of drug-likeness (QED) is 0.0726. The summed E-state index contributed by atoms with van der Waals surface area (Å²) in [5.41, 5.74) is -0.0154. The fourth-order valence-electron chi connectivity index (χ4n) is 19.4. The van der Waals surface area contributed by atoms with E-state index in [1.165, 1.54) is 26.7 Å². The number of hydrogen-bond acceptors (Lipinski definition) is 27. The smallest absolute Gasteiger partial charge is 0.303 e. The Morgan fingerprint density at radius 3 is 1.80 bits per heavy atom. The molecule has 0 amide bonds. The number of fused-ring (bicyclic) bond motifs is 6. The van der Waals surface area contributed by atoms with Gasteiger partial charge in [-0.05, 0) is 136 Å². The summed E-state index contributed by atoms with van der Waals surface area (Å²) in [6.07, 6.45) is -5.01. The Morgan fingerprint density at radius 1 is 0.626 bits per heavy atom. The zero-order chi connectivity index (χ0) is 70.8. The Balaban J connectivity index is 0.606. The van der Waals surface area contributed by atoms with E-state index in [1.54, 1.807) is 41.4 Å². The van der Waals surface area contributed by atoms with Crippen molar-refractivity contribution in [3.8, 4) is 0 Å². The molecular weight excluding hydrogens is 1300 g/mol. The van der Waals surface area contributed by atoms with Crippen molar-refractivity contribution in [2.45, 2.75) is 343 Å². The Kier molecular flexibility index (Phi) is 24.0. The largest absolute Gasteiger partial charge is 0.493 e. The highest BCUT2D eigenvalue weighted by Gasteiger charge is 2.66. The zero-order valence-electron chi connectivity index (χ0n) is 61.1. The number of aliphatic hydroxyl groups is 2. The molecule has 8 aliphatic heterocycles. The minimum absolute atomic E-state index is 0.0143. The van der Waals surface area contributed by atoms with Gasteiger partial charge in [0.15, 0.2) is 43.3 Å². The fourth-order valence-corrected chi connectivity index (χ4v) is 19.4. The van der Waals surface area contributed by atoms with Crippen LogP contribution in [0.4, 0.5) is 0 Å². The van der Waals surface area contributed by atoms with Crippen LogP contribution >= 0.6 is 0 Å². The molecular formula is C72H114O27. The van der Waals surface area contributed by atoms with Crippen molar-refractivity contribution in [1.29, 1.82) is 0 Å². The standard InChI is InChI=1S/C72H114O27/c1-34-26-48(77-12)59(75)67(84-34)92-44-20-23-69(10)43(27-44)18-19-45-46(69)21-24-70(11)47(45)22-25-72(70,76)41(8)90-54-31-52-64(39(6)88-54)98-99-71(33-83-52)32-53(81-16)63(40(7)97-71)95-57-29-50(79-14)61(37(4)86-57)93-55-28-49(78-13)60(36(3)85-55)94-56-30-51(80-15)62(38(5)87-56)96-68-66(91-42(9)73)65(82-17)58(74)35(2)89-68/h18,26,34-41,44-47,49-58,60-68,74,76H,19-25,27-33H2,1-17H3/t34?,35-,36-,37-,38-,39-,40+,41+,44+,45?,46?,47?,49+,50+,51+,52-,53+,54+,55+,56+,57+,58+,60-,61-,62-,63+,64-,65+,66-,67?,68+,69+,70+,71-,72+/m1/s1. The lowest BCUT2D eigenvalue weighted by molar-refractivity contribution is -0.472. The Bertz CT molecular complexity index is 2800. The van der Waals surface area contributed by atoms with E-state index in [0.717, 1.165) is 44.9 Å². The molecule has 10 fully saturated rings. The van der Waals surface area contributed by atoms with E-state index in [-0.39, 0.29) is 54.0 Å². The summed E-state index contributed by atoms with van der Waals surface area (Å²) >= 11 is 0. The highest BCUT2D eigenvalue weighted by Crippen LogP contribution is 2.68. The predicted molar refractivity (Wildman–Crippen MR) is 345 cm³/mol. The topological polar surface area (TPSA) is 287 Å². The number of Topliss-reactive ketones (excluding diaryl/α,β-unsaturated/α-hetero) is 1. The van der Waals surface area contributed by atoms with Gasteiger partial charge in [-0.1, -0.05) is 25.5 Å². The van der Waals surface area contributed by atoms with E-state index < -0.39 is 177 Å². The Morgan fingerprint density at radius 2 is 1.21 bits per heavy atom. The lowest BCUT2D eigenvalue weighted by Gasteiger charge is -2.59. The molecule has 5 unspecified atom stereocenters. The maximum atomic E-state index is 13.1. The fraction of sp³-hybridized carbons (Fsp3) is 0.917. The molecule has 564 valence electrons. The number of ketones is 1. The second-order valence-electron chi connectivity index (χ2n) is 30.7. The summed E-state index contributed by atoms with van der Waals surface area (Å²) in [6, 6.07) is 0. The third-order valence-corrected chi connectivity index (χ3v) is 24.8. The molecule has 4 aliphatic carbocycles. The van der Waals surface area contributed by atoms with Gasteiger partial charge in [-0.15, -0.1) is 0 Å². The van der Waals surface area contributed by atoms with Crippen LogP contribution in [-0.2, 0) is 119 Å². The molecule has 99 heavy (non-hydrogen) atoms. The van der Waals surface area contributed by atoms with Crippen LogP contribution in [0.5, 0.6) is 0 Å². The van der Waals surface area contributed by atoms with Crippen LogP contribution in [0.25, 0.3) is 0 Å². The molecule has 12 rings (SSSR count). The van der Waals surface area contributed by atoms with Crippen molar-refractivity contribution in [2.75, 3.05) is 49.3 Å². The lowest BCUT2D eigenvalue weighted by Crippen LogP contribution is -2.62. The third-order valence-electron chi connectivity index (χ3n) is 24.8. The number of carbonyl (C=O) groups is 2. The first-order valence-electron chi connectivity index (χ1n) is 36.4. The second kappa shape index (κ2) is 31.1. The molecule has 27 heteroatoms. The lowest BCUT2D eigenvalue weighted by atomic mass is 9.46. The van der Waals surface area contributed by atoms with E-state index in [4.69, 9.17) is 109 Å². The number of allylic oxidation sites excluding steroid dienone is 1. The van der Waals surface area contributed by atoms with Gasteiger partial charge in [0, 0.05) is 80.0 Å². The van der Waals surface area contributed by atoms with E-state index in [0.29, 0.717) is 43.4 Å². The highest BCUT2D eigenvalue weighted by molar-refractivity contribution is 5.96. The average Bonchev–Trinajstić information content (AvgIpc) is 1.61. The van der Waals surface area contributed by atoms with Crippen molar-refractivity contribution in [1.82, 2.24) is 0 Å². The summed E-state index contributed by atoms with van der Waals surface area (Å²) in [4.78, 5) is 37.8. The number of rotatable bonds is 20. The molecule has 2 N–H and O–H groups in total. The molecule has 12 aliphatic rings. The van der Waals surface area contributed by atoms with Crippen LogP contribution in [0.2, 0.25) is 0 Å². The van der Waals surface area contributed by atoms with E-state index in [1.807, 2.05) is 48.5 Å². The maximum absolute atomic E-state index is 13.1. The van der Waals surface area contributed by atoms with Crippen LogP contribution in [0.15, 0.2) is 23.5 Å². The van der Waals surface area contributed by atoms with Gasteiger partial charge < -0.3 is 110 Å². The molecule has 7 saturated heterocycles. The van der Waals surface area contributed by atoms with E-state index in [2.05, 4.69) is 19.9 Å². The van der Waals surface area contributed by atoms with Gasteiger partial charge in [-0.25, -0.2) is 4.89 Å². The van der Waals surface area contributed by atoms with Gasteiger partial charge in [0.25, 0.3) is 5.78 Å². The first kappa shape index (κ1) is 76.2. The monoisotopic (exact) mass is 1410 g/mol. The first-order valence-corrected chi connectivity index (χ1v) is 36.4. The molecule has 27 nitrogen and oxygen atoms in total. The van der Waals surface area contributed by atoms with Crippen LogP contribution in [0.3, 0.4) is 0 Å². The number of aliphatic hydroxyl groups excluding tert-OH is 1. The van der Waals surface area contributed by atoms with Crippen molar-refractivity contribution in [3.63, 3.8) is 0 Å². The number of carbonyl (C=O) groups excluding carboxylic acids is 2. The Hall–Kier alpha value is -2.50. The van der Waals surface area contributed by atoms with Gasteiger partial charge in [0.2, 0.25) is 12.1 Å². The number of ether oxygens (including phenoxy) is 21. The first-order chi connectivity index (χ1) is 47.2. The normalized spacial score (nSPS) is 50.6. The maximum Gasteiger partial charge on any atom is 0.303 e. The molecule has 0 bridgehead atoms.